The van der Waals surface area contributed by atoms with Crippen molar-refractivity contribution in [2.75, 3.05) is 0 Å². The van der Waals surface area contributed by atoms with Crippen molar-refractivity contribution in [2.45, 2.75) is 34.1 Å². The highest BCUT2D eigenvalue weighted by atomic mass is 14.0. The number of rotatable bonds is 2. The first-order valence-electron chi connectivity index (χ1n) is 3.52. The Kier molecular flexibility index (Phi) is 3.60. The number of allylic oxidation sites excluding steroid dienone is 2. The standard InChI is InChI=1S/C9H17/c1-7(2)6-9(5)8(3)4/h7H,3,6H2,1-2,4-5H3. The first-order chi connectivity index (χ1) is 4.04. The minimum absolute atomic E-state index is 0.765. The van der Waals surface area contributed by atoms with Crippen molar-refractivity contribution < 1.29 is 0 Å². The highest BCUT2D eigenvalue weighted by molar-refractivity contribution is 5.11. The molecule has 0 aliphatic heterocycles. The summed E-state index contributed by atoms with van der Waals surface area (Å²) in [5.41, 5.74) is 2.66. The van der Waals surface area contributed by atoms with Gasteiger partial charge in [0.05, 0.1) is 0 Å². The minimum atomic E-state index is 0.765. The van der Waals surface area contributed by atoms with E-state index in [0.717, 1.165) is 5.92 Å². The van der Waals surface area contributed by atoms with Crippen LogP contribution in [0.15, 0.2) is 11.1 Å². The van der Waals surface area contributed by atoms with Crippen molar-refractivity contribution in [3.8, 4) is 0 Å². The van der Waals surface area contributed by atoms with Crippen molar-refractivity contribution >= 4 is 0 Å². The summed E-state index contributed by atoms with van der Waals surface area (Å²) in [7, 11) is 0. The molecule has 0 amide bonds. The third-order valence-electron chi connectivity index (χ3n) is 1.44. The molecule has 9 heavy (non-hydrogen) atoms. The van der Waals surface area contributed by atoms with Crippen LogP contribution in [-0.2, 0) is 0 Å². The van der Waals surface area contributed by atoms with Gasteiger partial charge in [0.25, 0.3) is 0 Å². The van der Waals surface area contributed by atoms with E-state index in [1.54, 1.807) is 0 Å². The van der Waals surface area contributed by atoms with Crippen LogP contribution in [0.4, 0.5) is 0 Å². The molecule has 0 heterocycles. The van der Waals surface area contributed by atoms with Gasteiger partial charge in [-0.1, -0.05) is 25.0 Å². The largest absolute Gasteiger partial charge is 0.0741 e. The van der Waals surface area contributed by atoms with Gasteiger partial charge in [0.15, 0.2) is 0 Å². The minimum Gasteiger partial charge on any atom is -0.0741 e. The zero-order valence-electron chi connectivity index (χ0n) is 6.99. The highest BCUT2D eigenvalue weighted by Gasteiger charge is 1.95. The molecule has 0 N–H and O–H groups in total. The average Bonchev–Trinajstić information content (AvgIpc) is 1.63. The van der Waals surface area contributed by atoms with Crippen LogP contribution in [0.5, 0.6) is 0 Å². The zero-order valence-corrected chi connectivity index (χ0v) is 6.99. The van der Waals surface area contributed by atoms with Crippen molar-refractivity contribution in [2.24, 2.45) is 5.92 Å². The van der Waals surface area contributed by atoms with E-state index < -0.39 is 0 Å². The third kappa shape index (κ3) is 4.26. The van der Waals surface area contributed by atoms with Gasteiger partial charge in [0.1, 0.15) is 0 Å². The molecule has 0 unspecified atom stereocenters. The molecule has 0 fully saturated rings. The zero-order chi connectivity index (χ0) is 7.44. The Balaban J connectivity index is 3.77. The average molecular weight is 125 g/mol. The van der Waals surface area contributed by atoms with E-state index in [4.69, 9.17) is 0 Å². The van der Waals surface area contributed by atoms with E-state index in [-0.39, 0.29) is 0 Å². The Bertz CT molecular complexity index is 103. The molecule has 0 saturated carbocycles. The SMILES string of the molecule is [CH2]C(C)=C(C)CC(C)C. The predicted molar refractivity (Wildman–Crippen MR) is 43.2 cm³/mol. The van der Waals surface area contributed by atoms with E-state index in [1.165, 1.54) is 17.6 Å². The van der Waals surface area contributed by atoms with E-state index >= 15 is 0 Å². The second-order valence-electron chi connectivity index (χ2n) is 3.16. The van der Waals surface area contributed by atoms with Crippen molar-refractivity contribution in [1.82, 2.24) is 0 Å². The molecule has 0 aromatic rings. The van der Waals surface area contributed by atoms with Crippen LogP contribution >= 0.6 is 0 Å². The number of hydrogen-bond acceptors (Lipinski definition) is 0. The monoisotopic (exact) mass is 125 g/mol. The lowest BCUT2D eigenvalue weighted by molar-refractivity contribution is 0.639. The van der Waals surface area contributed by atoms with E-state index in [0.29, 0.717) is 0 Å². The summed E-state index contributed by atoms with van der Waals surface area (Å²) >= 11 is 0. The molecule has 1 radical (unpaired) electrons. The molecule has 0 aliphatic rings. The van der Waals surface area contributed by atoms with Crippen LogP contribution in [0.1, 0.15) is 34.1 Å². The van der Waals surface area contributed by atoms with Crippen LogP contribution in [0.25, 0.3) is 0 Å². The maximum absolute atomic E-state index is 3.87. The molecule has 0 aromatic carbocycles. The molecule has 53 valence electrons. The van der Waals surface area contributed by atoms with Gasteiger partial charge in [-0.05, 0) is 33.1 Å². The van der Waals surface area contributed by atoms with Gasteiger partial charge in [0, 0.05) is 0 Å². The van der Waals surface area contributed by atoms with Crippen molar-refractivity contribution in [3.63, 3.8) is 0 Å². The van der Waals surface area contributed by atoms with Gasteiger partial charge in [-0.2, -0.15) is 0 Å². The summed E-state index contributed by atoms with van der Waals surface area (Å²) in [6, 6.07) is 0. The molecule has 0 bridgehead atoms. The van der Waals surface area contributed by atoms with Crippen LogP contribution in [0.2, 0.25) is 0 Å². The third-order valence-corrected chi connectivity index (χ3v) is 1.44. The maximum atomic E-state index is 3.87. The van der Waals surface area contributed by atoms with Crippen molar-refractivity contribution in [3.05, 3.63) is 18.1 Å². The molecule has 0 atom stereocenters. The van der Waals surface area contributed by atoms with E-state index in [9.17, 15) is 0 Å². The Morgan fingerprint density at radius 2 is 1.78 bits per heavy atom. The fourth-order valence-corrected chi connectivity index (χ4v) is 0.787. The van der Waals surface area contributed by atoms with Crippen LogP contribution in [0.3, 0.4) is 0 Å². The summed E-state index contributed by atoms with van der Waals surface area (Å²) in [4.78, 5) is 0. The summed E-state index contributed by atoms with van der Waals surface area (Å²) in [5.74, 6) is 0.765. The molecule has 0 rings (SSSR count). The van der Waals surface area contributed by atoms with Crippen molar-refractivity contribution in [1.29, 1.82) is 0 Å². The molecule has 0 saturated heterocycles. The second-order valence-corrected chi connectivity index (χ2v) is 3.16. The molecule has 0 heteroatoms. The lowest BCUT2D eigenvalue weighted by Crippen LogP contribution is -1.89. The lowest BCUT2D eigenvalue weighted by atomic mass is 10.0. The summed E-state index contributed by atoms with van der Waals surface area (Å²) < 4.78 is 0. The fourth-order valence-electron chi connectivity index (χ4n) is 0.787. The normalized spacial score (nSPS) is 14.0. The van der Waals surface area contributed by atoms with Crippen LogP contribution < -0.4 is 0 Å². The first-order valence-corrected chi connectivity index (χ1v) is 3.52. The molecule has 0 aromatic heterocycles. The Hall–Kier alpha value is -0.260. The van der Waals surface area contributed by atoms with Gasteiger partial charge in [0.2, 0.25) is 0 Å². The summed E-state index contributed by atoms with van der Waals surface area (Å²) in [5, 5.41) is 0. The Morgan fingerprint density at radius 1 is 1.33 bits per heavy atom. The molecule has 0 spiro atoms. The fraction of sp³-hybridized carbons (Fsp3) is 0.667. The van der Waals surface area contributed by atoms with E-state index in [1.807, 2.05) is 0 Å². The maximum Gasteiger partial charge on any atom is -0.0283 e. The quantitative estimate of drug-likeness (QED) is 0.531. The molecule has 0 aliphatic carbocycles. The lowest BCUT2D eigenvalue weighted by Gasteiger charge is -2.05. The summed E-state index contributed by atoms with van der Waals surface area (Å²) in [6.07, 6.45) is 1.19. The van der Waals surface area contributed by atoms with Crippen LogP contribution in [0, 0.1) is 12.8 Å². The first kappa shape index (κ1) is 8.74. The molecular formula is C9H17. The topological polar surface area (TPSA) is 0 Å². The Morgan fingerprint density at radius 3 is 1.89 bits per heavy atom. The van der Waals surface area contributed by atoms with E-state index in [2.05, 4.69) is 34.6 Å². The van der Waals surface area contributed by atoms with Gasteiger partial charge < -0.3 is 0 Å². The number of hydrogen-bond donors (Lipinski definition) is 0. The summed E-state index contributed by atoms with van der Waals surface area (Å²) in [6.45, 7) is 12.6. The Labute approximate surface area is 59.0 Å². The molecule has 0 nitrogen and oxygen atoms in total. The van der Waals surface area contributed by atoms with Gasteiger partial charge in [-0.15, -0.1) is 0 Å². The smallest absolute Gasteiger partial charge is 0.0283 e. The second kappa shape index (κ2) is 3.71. The highest BCUT2D eigenvalue weighted by Crippen LogP contribution is 2.12. The van der Waals surface area contributed by atoms with Crippen LogP contribution in [-0.4, -0.2) is 0 Å². The van der Waals surface area contributed by atoms with Gasteiger partial charge in [-0.25, -0.2) is 0 Å². The van der Waals surface area contributed by atoms with Gasteiger partial charge >= 0.3 is 0 Å². The molecular weight excluding hydrogens is 108 g/mol. The predicted octanol–water partition coefficient (Wildman–Crippen LogP) is 3.20. The van der Waals surface area contributed by atoms with Gasteiger partial charge in [-0.3, -0.25) is 0 Å².